The Morgan fingerprint density at radius 3 is 2.74 bits per heavy atom. The van der Waals surface area contributed by atoms with E-state index in [4.69, 9.17) is 0 Å². The molecule has 0 bridgehead atoms. The van der Waals surface area contributed by atoms with Crippen molar-refractivity contribution in [3.63, 3.8) is 0 Å². The van der Waals surface area contributed by atoms with E-state index in [-0.39, 0.29) is 18.0 Å². The van der Waals surface area contributed by atoms with Crippen LogP contribution in [-0.2, 0) is 16.0 Å². The number of rotatable bonds is 6. The number of hydrogen-bond donors (Lipinski definition) is 3. The molecule has 0 amide bonds. The zero-order chi connectivity index (χ0) is 16.8. The highest BCUT2D eigenvalue weighted by Gasteiger charge is 2.23. The average Bonchev–Trinajstić information content (AvgIpc) is 2.57. The lowest BCUT2D eigenvalue weighted by Crippen LogP contribution is -2.35. The molecule has 8 heteroatoms. The molecule has 0 spiro atoms. The number of aldehydes is 1. The van der Waals surface area contributed by atoms with Crippen LogP contribution in [0.25, 0.3) is 6.08 Å². The lowest BCUT2D eigenvalue weighted by Gasteiger charge is -2.22. The lowest BCUT2D eigenvalue weighted by molar-refractivity contribution is -0.106. The van der Waals surface area contributed by atoms with Gasteiger partial charge in [-0.2, -0.15) is 0 Å². The van der Waals surface area contributed by atoms with E-state index < -0.39 is 17.0 Å². The van der Waals surface area contributed by atoms with Crippen LogP contribution < -0.4 is 14.3 Å². The van der Waals surface area contributed by atoms with Gasteiger partial charge in [0.05, 0.1) is 6.54 Å². The first kappa shape index (κ1) is 17.6. The van der Waals surface area contributed by atoms with Crippen LogP contribution in [0.5, 0.6) is 5.75 Å². The van der Waals surface area contributed by atoms with Crippen LogP contribution in [-0.4, -0.2) is 42.3 Å². The van der Waals surface area contributed by atoms with E-state index in [1.54, 1.807) is 6.08 Å². The Balaban J connectivity index is 2.44. The molecule has 0 aliphatic carbocycles. The summed E-state index contributed by atoms with van der Waals surface area (Å²) in [4.78, 5) is 10.8. The van der Waals surface area contributed by atoms with Gasteiger partial charge in [-0.05, 0) is 45.1 Å². The van der Waals surface area contributed by atoms with Crippen molar-refractivity contribution < 1.29 is 18.5 Å². The van der Waals surface area contributed by atoms with Gasteiger partial charge < -0.3 is 15.2 Å². The van der Waals surface area contributed by atoms with Gasteiger partial charge in [0.1, 0.15) is 17.7 Å². The largest absolute Gasteiger partial charge is 0.506 e. The first-order valence-corrected chi connectivity index (χ1v) is 8.41. The Hall–Kier alpha value is -1.77. The van der Waals surface area contributed by atoms with Crippen LogP contribution >= 0.6 is 0 Å². The fourth-order valence-electron chi connectivity index (χ4n) is 2.45. The predicted octanol–water partition coefficient (Wildman–Crippen LogP) is 1.10. The molecule has 23 heavy (non-hydrogen) atoms. The summed E-state index contributed by atoms with van der Waals surface area (Å²) >= 11 is -1.83. The molecule has 1 saturated heterocycles. The number of phenolic OH excluding ortho intramolecular Hbond substituents is 1. The topological polar surface area (TPSA) is 81.7 Å². The smallest absolute Gasteiger partial charge is 0.196 e. The molecule has 126 valence electrons. The summed E-state index contributed by atoms with van der Waals surface area (Å²) in [6.45, 7) is 1.39. The third kappa shape index (κ3) is 4.15. The molecule has 1 aromatic rings. The quantitative estimate of drug-likeness (QED) is 0.677. The average molecular weight is 341 g/mol. The SMILES string of the molecule is CNS(=O)N(CC=O)c1c(O)ccc(C=C2CCNCC2)c1F. The molecule has 6 nitrogen and oxygen atoms in total. The van der Waals surface area contributed by atoms with Crippen LogP contribution in [0.4, 0.5) is 10.1 Å². The Bertz CT molecular complexity index is 629. The van der Waals surface area contributed by atoms with Gasteiger partial charge in [-0.25, -0.2) is 13.3 Å². The van der Waals surface area contributed by atoms with Crippen molar-refractivity contribution in [3.8, 4) is 5.75 Å². The number of nitrogens with one attached hydrogen (secondary N) is 2. The summed E-state index contributed by atoms with van der Waals surface area (Å²) in [6.07, 6.45) is 3.92. The molecule has 0 saturated carbocycles. The molecule has 3 N–H and O–H groups in total. The minimum absolute atomic E-state index is 0.243. The lowest BCUT2D eigenvalue weighted by atomic mass is 10.0. The van der Waals surface area contributed by atoms with Gasteiger partial charge in [0.15, 0.2) is 17.0 Å². The number of phenols is 1. The molecule has 1 aliphatic heterocycles. The highest BCUT2D eigenvalue weighted by atomic mass is 32.2. The Kier molecular flexibility index (Phi) is 6.26. The summed E-state index contributed by atoms with van der Waals surface area (Å²) in [5.41, 5.74) is 1.17. The number of piperidine rings is 1. The van der Waals surface area contributed by atoms with Crippen LogP contribution in [0.2, 0.25) is 0 Å². The maximum atomic E-state index is 14.8. The van der Waals surface area contributed by atoms with E-state index in [0.29, 0.717) is 11.8 Å². The number of nitrogens with zero attached hydrogens (tertiary/aromatic N) is 1. The van der Waals surface area contributed by atoms with Crippen LogP contribution in [0.15, 0.2) is 17.7 Å². The third-order valence-corrected chi connectivity index (χ3v) is 4.68. The zero-order valence-electron chi connectivity index (χ0n) is 12.8. The van der Waals surface area contributed by atoms with Crippen molar-refractivity contribution in [3.05, 3.63) is 29.1 Å². The second-order valence-electron chi connectivity index (χ2n) is 5.07. The van der Waals surface area contributed by atoms with Crippen molar-refractivity contribution >= 4 is 29.2 Å². The molecule has 2 rings (SSSR count). The van der Waals surface area contributed by atoms with Gasteiger partial charge >= 0.3 is 0 Å². The normalized spacial score (nSPS) is 16.0. The summed E-state index contributed by atoms with van der Waals surface area (Å²) < 4.78 is 30.2. The van der Waals surface area contributed by atoms with Gasteiger partial charge in [-0.1, -0.05) is 11.6 Å². The number of hydrogen-bond acceptors (Lipinski definition) is 4. The number of carbonyl (C=O) groups is 1. The molecular formula is C15H20FN3O3S. The molecule has 1 aliphatic rings. The highest BCUT2D eigenvalue weighted by Crippen LogP contribution is 2.34. The predicted molar refractivity (Wildman–Crippen MR) is 88.8 cm³/mol. The molecule has 1 atom stereocenters. The number of halogens is 1. The van der Waals surface area contributed by atoms with E-state index in [0.717, 1.165) is 35.8 Å². The maximum Gasteiger partial charge on any atom is 0.196 e. The standard InChI is InChI=1S/C15H20FN3O3S/c1-17-23(22)19(8-9-20)15-13(21)3-2-12(14(15)16)10-11-4-6-18-7-5-11/h2-3,9-10,17-18,21H,4-8H2,1H3. The highest BCUT2D eigenvalue weighted by molar-refractivity contribution is 7.84. The van der Waals surface area contributed by atoms with Gasteiger partial charge in [0, 0.05) is 5.56 Å². The fourth-order valence-corrected chi connectivity index (χ4v) is 3.21. The fraction of sp³-hybridized carbons (Fsp3) is 0.400. The Morgan fingerprint density at radius 2 is 2.13 bits per heavy atom. The molecule has 1 fully saturated rings. The summed E-state index contributed by atoms with van der Waals surface area (Å²) in [5.74, 6) is -1.05. The first-order chi connectivity index (χ1) is 11.1. The molecule has 0 aromatic heterocycles. The molecular weight excluding hydrogens is 321 g/mol. The van der Waals surface area contributed by atoms with Gasteiger partial charge in [-0.15, -0.1) is 0 Å². The molecule has 1 unspecified atom stereocenters. The monoisotopic (exact) mass is 341 g/mol. The second kappa shape index (κ2) is 8.19. The summed E-state index contributed by atoms with van der Waals surface area (Å²) in [6, 6.07) is 2.82. The van der Waals surface area contributed by atoms with E-state index in [2.05, 4.69) is 10.0 Å². The summed E-state index contributed by atoms with van der Waals surface area (Å²) in [5, 5.41) is 13.2. The zero-order valence-corrected chi connectivity index (χ0v) is 13.7. The van der Waals surface area contributed by atoms with E-state index in [9.17, 15) is 18.5 Å². The van der Waals surface area contributed by atoms with Gasteiger partial charge in [0.2, 0.25) is 0 Å². The maximum absolute atomic E-state index is 14.8. The van der Waals surface area contributed by atoms with Crippen molar-refractivity contribution in [1.82, 2.24) is 10.0 Å². The van der Waals surface area contributed by atoms with Crippen LogP contribution in [0.1, 0.15) is 18.4 Å². The third-order valence-electron chi connectivity index (χ3n) is 3.59. The van der Waals surface area contributed by atoms with Crippen LogP contribution in [0.3, 0.4) is 0 Å². The van der Waals surface area contributed by atoms with Gasteiger partial charge in [-0.3, -0.25) is 4.31 Å². The van der Waals surface area contributed by atoms with Crippen molar-refractivity contribution in [2.75, 3.05) is 31.0 Å². The molecule has 0 radical (unpaired) electrons. The van der Waals surface area contributed by atoms with Crippen molar-refractivity contribution in [2.45, 2.75) is 12.8 Å². The minimum Gasteiger partial charge on any atom is -0.506 e. The van der Waals surface area contributed by atoms with Crippen molar-refractivity contribution in [1.29, 1.82) is 0 Å². The van der Waals surface area contributed by atoms with E-state index in [1.807, 2.05) is 0 Å². The molecule has 1 heterocycles. The number of benzene rings is 1. The number of carbonyl (C=O) groups excluding carboxylic acids is 1. The van der Waals surface area contributed by atoms with Crippen LogP contribution in [0, 0.1) is 5.82 Å². The number of anilines is 1. The van der Waals surface area contributed by atoms with E-state index >= 15 is 0 Å². The second-order valence-corrected chi connectivity index (χ2v) is 6.42. The van der Waals surface area contributed by atoms with E-state index in [1.165, 1.54) is 19.2 Å². The summed E-state index contributed by atoms with van der Waals surface area (Å²) in [7, 11) is 1.42. The van der Waals surface area contributed by atoms with Crippen molar-refractivity contribution in [2.24, 2.45) is 0 Å². The van der Waals surface area contributed by atoms with Gasteiger partial charge in [0.25, 0.3) is 0 Å². The first-order valence-electron chi connectivity index (χ1n) is 7.30. The Labute approximate surface area is 137 Å². The molecule has 1 aromatic carbocycles. The number of aromatic hydroxyl groups is 1. The Morgan fingerprint density at radius 1 is 1.43 bits per heavy atom. The minimum atomic E-state index is -1.83.